The molecular weight excluding hydrogens is 185 g/mol. The highest BCUT2D eigenvalue weighted by molar-refractivity contribution is 5.87. The van der Waals surface area contributed by atoms with Gasteiger partial charge < -0.3 is 4.74 Å². The van der Waals surface area contributed by atoms with Crippen LogP contribution in [0.5, 0.6) is 0 Å². The lowest BCUT2D eigenvalue weighted by atomic mass is 10.3. The summed E-state index contributed by atoms with van der Waals surface area (Å²) in [5, 5.41) is 0. The summed E-state index contributed by atoms with van der Waals surface area (Å²) in [6.07, 6.45) is 2.79. The van der Waals surface area contributed by atoms with Crippen LogP contribution in [0.4, 0.5) is 4.39 Å². The van der Waals surface area contributed by atoms with E-state index in [1.807, 2.05) is 6.92 Å². The number of ether oxygens (including phenoxy) is 1. The smallest absolute Gasteiger partial charge is 0.356 e. The Hall–Kier alpha value is -1.45. The maximum Gasteiger partial charge on any atom is 0.356 e. The lowest BCUT2D eigenvalue weighted by Gasteiger charge is -2.02. The molecule has 0 N–H and O–H groups in total. The zero-order chi connectivity index (χ0) is 10.4. The molecular formula is C10H12FNO2. The zero-order valence-electron chi connectivity index (χ0n) is 8.00. The number of hydrogen-bond donors (Lipinski definition) is 0. The van der Waals surface area contributed by atoms with E-state index in [1.165, 1.54) is 12.1 Å². The van der Waals surface area contributed by atoms with Gasteiger partial charge >= 0.3 is 5.97 Å². The normalized spacial score (nSPS) is 9.86. The molecule has 0 fully saturated rings. The minimum absolute atomic E-state index is 0.141. The fourth-order valence-electron chi connectivity index (χ4n) is 0.880. The fraction of sp³-hybridized carbons (Fsp3) is 0.400. The van der Waals surface area contributed by atoms with Crippen molar-refractivity contribution in [3.05, 3.63) is 29.8 Å². The van der Waals surface area contributed by atoms with Gasteiger partial charge in [0.1, 0.15) is 11.5 Å². The van der Waals surface area contributed by atoms with Crippen LogP contribution in [0.1, 0.15) is 30.3 Å². The van der Waals surface area contributed by atoms with E-state index in [0.717, 1.165) is 19.0 Å². The molecule has 14 heavy (non-hydrogen) atoms. The molecule has 0 bridgehead atoms. The summed E-state index contributed by atoms with van der Waals surface area (Å²) in [5.41, 5.74) is 0.141. The molecule has 4 heteroatoms. The first kappa shape index (κ1) is 10.6. The van der Waals surface area contributed by atoms with Gasteiger partial charge in [-0.25, -0.2) is 14.2 Å². The van der Waals surface area contributed by atoms with E-state index in [2.05, 4.69) is 4.98 Å². The topological polar surface area (TPSA) is 39.2 Å². The number of pyridine rings is 1. The van der Waals surface area contributed by atoms with Gasteiger partial charge in [-0.2, -0.15) is 0 Å². The van der Waals surface area contributed by atoms with E-state index >= 15 is 0 Å². The number of rotatable bonds is 4. The average molecular weight is 197 g/mol. The van der Waals surface area contributed by atoms with Crippen LogP contribution in [0.15, 0.2) is 18.3 Å². The van der Waals surface area contributed by atoms with Crippen LogP contribution >= 0.6 is 0 Å². The van der Waals surface area contributed by atoms with Crippen LogP contribution in [0.2, 0.25) is 0 Å². The standard InChI is InChI=1S/C10H12FNO2/c1-2-3-6-14-10(13)9-5-4-8(11)7-12-9/h4-5,7H,2-3,6H2,1H3. The van der Waals surface area contributed by atoms with E-state index in [1.54, 1.807) is 0 Å². The summed E-state index contributed by atoms with van der Waals surface area (Å²) >= 11 is 0. The van der Waals surface area contributed by atoms with Crippen molar-refractivity contribution in [1.82, 2.24) is 4.98 Å². The highest BCUT2D eigenvalue weighted by Crippen LogP contribution is 2.01. The van der Waals surface area contributed by atoms with Crippen molar-refractivity contribution in [2.45, 2.75) is 19.8 Å². The molecule has 0 aliphatic carbocycles. The maximum absolute atomic E-state index is 12.4. The first-order chi connectivity index (χ1) is 6.74. The molecule has 0 spiro atoms. The van der Waals surface area contributed by atoms with Crippen molar-refractivity contribution in [2.24, 2.45) is 0 Å². The molecule has 0 radical (unpaired) electrons. The van der Waals surface area contributed by atoms with Crippen LogP contribution in [-0.4, -0.2) is 17.6 Å². The van der Waals surface area contributed by atoms with Crippen molar-refractivity contribution in [3.8, 4) is 0 Å². The summed E-state index contributed by atoms with van der Waals surface area (Å²) in [5.74, 6) is -0.964. The second-order valence-corrected chi connectivity index (χ2v) is 2.85. The minimum atomic E-state index is -0.501. The number of hydrogen-bond acceptors (Lipinski definition) is 3. The van der Waals surface area contributed by atoms with Gasteiger partial charge in [0.25, 0.3) is 0 Å². The predicted molar refractivity (Wildman–Crippen MR) is 49.4 cm³/mol. The van der Waals surface area contributed by atoms with E-state index in [4.69, 9.17) is 4.74 Å². The van der Waals surface area contributed by atoms with Gasteiger partial charge in [0.15, 0.2) is 0 Å². The average Bonchev–Trinajstić information content (AvgIpc) is 2.19. The molecule has 0 saturated heterocycles. The maximum atomic E-state index is 12.4. The van der Waals surface area contributed by atoms with Gasteiger partial charge in [-0.05, 0) is 18.6 Å². The Morgan fingerprint density at radius 1 is 1.57 bits per heavy atom. The summed E-state index contributed by atoms with van der Waals surface area (Å²) in [6, 6.07) is 2.49. The third-order valence-corrected chi connectivity index (χ3v) is 1.67. The first-order valence-electron chi connectivity index (χ1n) is 4.52. The third-order valence-electron chi connectivity index (χ3n) is 1.67. The molecule has 1 heterocycles. The Balaban J connectivity index is 2.48. The number of carbonyl (C=O) groups excluding carboxylic acids is 1. The molecule has 0 unspecified atom stereocenters. The summed E-state index contributed by atoms with van der Waals surface area (Å²) < 4.78 is 17.3. The molecule has 3 nitrogen and oxygen atoms in total. The third kappa shape index (κ3) is 3.12. The van der Waals surface area contributed by atoms with Crippen LogP contribution in [-0.2, 0) is 4.74 Å². The first-order valence-corrected chi connectivity index (χ1v) is 4.52. The van der Waals surface area contributed by atoms with E-state index < -0.39 is 11.8 Å². The summed E-state index contributed by atoms with van der Waals surface area (Å²) in [7, 11) is 0. The Morgan fingerprint density at radius 3 is 2.93 bits per heavy atom. The van der Waals surface area contributed by atoms with Crippen LogP contribution in [0, 0.1) is 5.82 Å². The van der Waals surface area contributed by atoms with Crippen molar-refractivity contribution in [1.29, 1.82) is 0 Å². The SMILES string of the molecule is CCCCOC(=O)c1ccc(F)cn1. The number of carbonyl (C=O) groups is 1. The van der Waals surface area contributed by atoms with Gasteiger partial charge in [-0.3, -0.25) is 0 Å². The number of nitrogens with zero attached hydrogens (tertiary/aromatic N) is 1. The second-order valence-electron chi connectivity index (χ2n) is 2.85. The van der Waals surface area contributed by atoms with Crippen molar-refractivity contribution < 1.29 is 13.9 Å². The number of halogens is 1. The molecule has 1 aromatic rings. The molecule has 0 atom stereocenters. The highest BCUT2D eigenvalue weighted by Gasteiger charge is 2.07. The fourth-order valence-corrected chi connectivity index (χ4v) is 0.880. The Bertz CT molecular complexity index is 297. The lowest BCUT2D eigenvalue weighted by Crippen LogP contribution is -2.08. The lowest BCUT2D eigenvalue weighted by molar-refractivity contribution is 0.0492. The quantitative estimate of drug-likeness (QED) is 0.548. The zero-order valence-corrected chi connectivity index (χ0v) is 8.00. The molecule has 0 amide bonds. The van der Waals surface area contributed by atoms with Gasteiger partial charge in [-0.15, -0.1) is 0 Å². The molecule has 0 aliphatic rings. The Labute approximate surface area is 81.9 Å². The number of unbranched alkanes of at least 4 members (excludes halogenated alkanes) is 1. The van der Waals surface area contributed by atoms with Crippen LogP contribution < -0.4 is 0 Å². The monoisotopic (exact) mass is 197 g/mol. The molecule has 0 aromatic carbocycles. The van der Waals surface area contributed by atoms with Gasteiger partial charge in [-0.1, -0.05) is 13.3 Å². The molecule has 76 valence electrons. The van der Waals surface area contributed by atoms with Crippen molar-refractivity contribution in [2.75, 3.05) is 6.61 Å². The van der Waals surface area contributed by atoms with E-state index in [-0.39, 0.29) is 5.69 Å². The largest absolute Gasteiger partial charge is 0.461 e. The molecule has 0 aliphatic heterocycles. The van der Waals surface area contributed by atoms with Crippen LogP contribution in [0.3, 0.4) is 0 Å². The second kappa shape index (κ2) is 5.32. The van der Waals surface area contributed by atoms with E-state index in [0.29, 0.717) is 6.61 Å². The Morgan fingerprint density at radius 2 is 2.36 bits per heavy atom. The van der Waals surface area contributed by atoms with Crippen molar-refractivity contribution >= 4 is 5.97 Å². The summed E-state index contributed by atoms with van der Waals surface area (Å²) in [4.78, 5) is 14.8. The van der Waals surface area contributed by atoms with Crippen molar-refractivity contribution in [3.63, 3.8) is 0 Å². The Kier molecular flexibility index (Phi) is 4.04. The predicted octanol–water partition coefficient (Wildman–Crippen LogP) is 2.18. The molecule has 1 rings (SSSR count). The van der Waals surface area contributed by atoms with Gasteiger partial charge in [0, 0.05) is 0 Å². The van der Waals surface area contributed by atoms with Gasteiger partial charge in [0.2, 0.25) is 0 Å². The number of esters is 1. The van der Waals surface area contributed by atoms with Gasteiger partial charge in [0.05, 0.1) is 12.8 Å². The van der Waals surface area contributed by atoms with Crippen LogP contribution in [0.25, 0.3) is 0 Å². The van der Waals surface area contributed by atoms with E-state index in [9.17, 15) is 9.18 Å². The minimum Gasteiger partial charge on any atom is -0.461 e. The molecule has 0 saturated carbocycles. The number of aromatic nitrogens is 1. The summed E-state index contributed by atoms with van der Waals surface area (Å²) in [6.45, 7) is 2.39. The molecule has 1 aromatic heterocycles. The highest BCUT2D eigenvalue weighted by atomic mass is 19.1.